The summed E-state index contributed by atoms with van der Waals surface area (Å²) in [7, 11) is 0. The summed E-state index contributed by atoms with van der Waals surface area (Å²) in [6.45, 7) is 3.68. The summed E-state index contributed by atoms with van der Waals surface area (Å²) >= 11 is 1.71. The van der Waals surface area contributed by atoms with Gasteiger partial charge in [0.1, 0.15) is 23.4 Å². The van der Waals surface area contributed by atoms with Crippen LogP contribution in [0, 0.1) is 5.92 Å². The average Bonchev–Trinajstić information content (AvgIpc) is 2.74. The molecule has 5 atom stereocenters. The third-order valence-electron chi connectivity index (χ3n) is 6.05. The van der Waals surface area contributed by atoms with E-state index in [0.29, 0.717) is 24.2 Å². The standard InChI is InChI=1S/C23H26O5S/c1-22(15-29-18-11-7-4-8-12-18)17-13-19(23(2,25)20(14-17)27-28-22)26-21(24)16-9-5-3-6-10-16/h3-12,17,19-20,25H,13-15H2,1-2H3/t17-,19-,20-,22-,23-/m0/s1. The van der Waals surface area contributed by atoms with Gasteiger partial charge >= 0.3 is 5.97 Å². The summed E-state index contributed by atoms with van der Waals surface area (Å²) in [5, 5.41) is 11.0. The molecule has 154 valence electrons. The Labute approximate surface area is 175 Å². The van der Waals surface area contributed by atoms with Gasteiger partial charge in [-0.1, -0.05) is 36.4 Å². The van der Waals surface area contributed by atoms with Gasteiger partial charge in [-0.05, 0) is 56.9 Å². The van der Waals surface area contributed by atoms with E-state index < -0.39 is 29.4 Å². The molecule has 2 aliphatic rings. The summed E-state index contributed by atoms with van der Waals surface area (Å²) in [6.07, 6.45) is -0.0104. The van der Waals surface area contributed by atoms with Gasteiger partial charge in [-0.3, -0.25) is 0 Å². The largest absolute Gasteiger partial charge is 0.456 e. The Morgan fingerprint density at radius 3 is 2.45 bits per heavy atom. The van der Waals surface area contributed by atoms with E-state index >= 15 is 0 Å². The fraction of sp³-hybridized carbons (Fsp3) is 0.435. The lowest BCUT2D eigenvalue weighted by Crippen LogP contribution is -2.64. The Hall–Kier alpha value is -1.86. The van der Waals surface area contributed by atoms with Crippen LogP contribution in [-0.2, 0) is 14.5 Å². The van der Waals surface area contributed by atoms with Crippen LogP contribution < -0.4 is 0 Å². The Morgan fingerprint density at radius 2 is 1.76 bits per heavy atom. The molecular weight excluding hydrogens is 388 g/mol. The van der Waals surface area contributed by atoms with Crippen molar-refractivity contribution in [2.45, 2.75) is 55.0 Å². The van der Waals surface area contributed by atoms with Gasteiger partial charge in [0.15, 0.2) is 0 Å². The van der Waals surface area contributed by atoms with Crippen molar-refractivity contribution in [1.29, 1.82) is 0 Å². The van der Waals surface area contributed by atoms with Crippen molar-refractivity contribution in [1.82, 2.24) is 0 Å². The average molecular weight is 415 g/mol. The molecule has 4 rings (SSSR count). The number of thioether (sulfide) groups is 1. The maximum absolute atomic E-state index is 12.6. The van der Waals surface area contributed by atoms with Crippen molar-refractivity contribution < 1.29 is 24.4 Å². The van der Waals surface area contributed by atoms with Gasteiger partial charge in [-0.2, -0.15) is 0 Å². The number of aliphatic hydroxyl groups is 1. The van der Waals surface area contributed by atoms with Gasteiger partial charge in [0.2, 0.25) is 0 Å². The van der Waals surface area contributed by atoms with E-state index in [0.717, 1.165) is 4.90 Å². The first kappa shape index (κ1) is 20.4. The Balaban J connectivity index is 1.48. The second-order valence-corrected chi connectivity index (χ2v) is 9.29. The van der Waals surface area contributed by atoms with Crippen molar-refractivity contribution in [3.05, 3.63) is 66.2 Å². The maximum Gasteiger partial charge on any atom is 0.338 e. The van der Waals surface area contributed by atoms with Crippen LogP contribution in [0.25, 0.3) is 0 Å². The highest BCUT2D eigenvalue weighted by molar-refractivity contribution is 7.99. The zero-order chi connectivity index (χ0) is 20.5. The van der Waals surface area contributed by atoms with E-state index in [1.54, 1.807) is 43.0 Å². The summed E-state index contributed by atoms with van der Waals surface area (Å²) < 4.78 is 5.75. The number of fused-ring (bicyclic) bond motifs is 2. The van der Waals surface area contributed by atoms with Gasteiger partial charge in [0.25, 0.3) is 0 Å². The molecule has 0 spiro atoms. The van der Waals surface area contributed by atoms with Crippen LogP contribution in [0.15, 0.2) is 65.6 Å². The SMILES string of the molecule is C[C@@]1(O)[C@@H]2C[C@H](C[C@@H]1OC(=O)c1ccccc1)[C@](C)(CSc1ccccc1)OO2. The van der Waals surface area contributed by atoms with Crippen LogP contribution in [0.1, 0.15) is 37.0 Å². The molecule has 0 amide bonds. The van der Waals surface area contributed by atoms with Crippen LogP contribution in [0.4, 0.5) is 0 Å². The molecule has 1 saturated carbocycles. The van der Waals surface area contributed by atoms with Crippen LogP contribution in [0.2, 0.25) is 0 Å². The summed E-state index contributed by atoms with van der Waals surface area (Å²) in [5.41, 5.74) is -1.38. The molecule has 2 aromatic carbocycles. The van der Waals surface area contributed by atoms with Crippen molar-refractivity contribution in [2.75, 3.05) is 5.75 Å². The molecule has 5 nitrogen and oxygen atoms in total. The molecule has 0 aromatic heterocycles. The van der Waals surface area contributed by atoms with Crippen molar-refractivity contribution in [3.8, 4) is 0 Å². The first-order chi connectivity index (χ1) is 13.9. The van der Waals surface area contributed by atoms with Crippen LogP contribution in [0.3, 0.4) is 0 Å². The molecule has 1 N–H and O–H groups in total. The monoisotopic (exact) mass is 414 g/mol. The minimum atomic E-state index is -1.31. The number of benzene rings is 2. The lowest BCUT2D eigenvalue weighted by Gasteiger charge is -2.53. The fourth-order valence-electron chi connectivity index (χ4n) is 3.99. The maximum atomic E-state index is 12.6. The van der Waals surface area contributed by atoms with Gasteiger partial charge in [0.05, 0.1) is 5.56 Å². The second-order valence-electron chi connectivity index (χ2n) is 8.24. The van der Waals surface area contributed by atoms with Crippen LogP contribution in [-0.4, -0.2) is 40.2 Å². The summed E-state index contributed by atoms with van der Waals surface area (Å²) in [4.78, 5) is 25.2. The molecular formula is C23H26O5S. The minimum Gasteiger partial charge on any atom is -0.456 e. The highest BCUT2D eigenvalue weighted by Gasteiger charge is 2.57. The zero-order valence-electron chi connectivity index (χ0n) is 16.6. The molecule has 1 heterocycles. The number of carbonyl (C=O) groups is 1. The molecule has 2 bridgehead atoms. The molecule has 1 aliphatic heterocycles. The van der Waals surface area contributed by atoms with Crippen molar-refractivity contribution >= 4 is 17.7 Å². The topological polar surface area (TPSA) is 65.0 Å². The highest BCUT2D eigenvalue weighted by Crippen LogP contribution is 2.47. The van der Waals surface area contributed by atoms with E-state index in [-0.39, 0.29) is 5.92 Å². The fourth-order valence-corrected chi connectivity index (χ4v) is 5.08. The number of rotatable bonds is 5. The van der Waals surface area contributed by atoms with E-state index in [9.17, 15) is 9.90 Å². The predicted octanol–water partition coefficient (Wildman–Crippen LogP) is 4.25. The van der Waals surface area contributed by atoms with E-state index in [1.807, 2.05) is 31.2 Å². The van der Waals surface area contributed by atoms with E-state index in [2.05, 4.69) is 12.1 Å². The van der Waals surface area contributed by atoms with Crippen molar-refractivity contribution in [3.63, 3.8) is 0 Å². The van der Waals surface area contributed by atoms with Gasteiger partial charge in [0, 0.05) is 10.6 Å². The third-order valence-corrected chi connectivity index (χ3v) is 7.37. The lowest BCUT2D eigenvalue weighted by atomic mass is 9.69. The number of esters is 1. The van der Waals surface area contributed by atoms with Crippen molar-refractivity contribution in [2.24, 2.45) is 5.92 Å². The third kappa shape index (κ3) is 4.21. The number of carbonyl (C=O) groups excluding carboxylic acids is 1. The molecule has 29 heavy (non-hydrogen) atoms. The molecule has 6 heteroatoms. The van der Waals surface area contributed by atoms with Gasteiger partial charge in [-0.25, -0.2) is 14.6 Å². The number of hydrogen-bond acceptors (Lipinski definition) is 6. The summed E-state index contributed by atoms with van der Waals surface area (Å²) in [5.74, 6) is 0.374. The first-order valence-corrected chi connectivity index (χ1v) is 10.9. The van der Waals surface area contributed by atoms with Gasteiger partial charge < -0.3 is 9.84 Å². The van der Waals surface area contributed by atoms with Crippen LogP contribution in [0.5, 0.6) is 0 Å². The first-order valence-electron chi connectivity index (χ1n) is 9.89. The predicted molar refractivity (Wildman–Crippen MR) is 111 cm³/mol. The Kier molecular flexibility index (Phi) is 5.71. The highest BCUT2D eigenvalue weighted by atomic mass is 32.2. The quantitative estimate of drug-likeness (QED) is 0.448. The van der Waals surface area contributed by atoms with Crippen LogP contribution >= 0.6 is 11.8 Å². The van der Waals surface area contributed by atoms with E-state index in [4.69, 9.17) is 14.5 Å². The number of ether oxygens (including phenoxy) is 1. The molecule has 0 radical (unpaired) electrons. The second kappa shape index (κ2) is 8.11. The minimum absolute atomic E-state index is 0.103. The molecule has 1 aliphatic carbocycles. The molecule has 2 fully saturated rings. The lowest BCUT2D eigenvalue weighted by molar-refractivity contribution is -0.448. The molecule has 1 saturated heterocycles. The van der Waals surface area contributed by atoms with E-state index in [1.165, 1.54) is 0 Å². The number of hydrogen-bond donors (Lipinski definition) is 1. The zero-order valence-corrected chi connectivity index (χ0v) is 17.4. The summed E-state index contributed by atoms with van der Waals surface area (Å²) in [6, 6.07) is 19.0. The Morgan fingerprint density at radius 1 is 1.10 bits per heavy atom. The molecule has 2 aromatic rings. The molecule has 0 unspecified atom stereocenters. The smallest absolute Gasteiger partial charge is 0.338 e. The normalized spacial score (nSPS) is 33.8. The Bertz CT molecular complexity index is 841. The van der Waals surface area contributed by atoms with Gasteiger partial charge in [-0.15, -0.1) is 11.8 Å².